The fourth-order valence-corrected chi connectivity index (χ4v) is 1.24. The maximum absolute atomic E-state index is 13.6. The van der Waals surface area contributed by atoms with Gasteiger partial charge in [-0.2, -0.15) is 0 Å². The maximum Gasteiger partial charge on any atom is 0.707 e. The Kier molecular flexibility index (Phi) is 4.74. The van der Waals surface area contributed by atoms with Crippen molar-refractivity contribution in [3.05, 3.63) is 24.0 Å². The predicted molar refractivity (Wildman–Crippen MR) is 67.1 cm³/mol. The number of rotatable bonds is 3. The largest absolute Gasteiger partial charge is 0.707 e. The van der Waals surface area contributed by atoms with E-state index in [-0.39, 0.29) is 11.4 Å². The summed E-state index contributed by atoms with van der Waals surface area (Å²) in [5.41, 5.74) is -1.07. The molecule has 0 saturated heterocycles. The zero-order valence-corrected chi connectivity index (χ0v) is 10.8. The van der Waals surface area contributed by atoms with Gasteiger partial charge in [-0.15, -0.1) is 0 Å². The molecule has 1 aromatic carbocycles. The molecule has 0 heterocycles. The van der Waals surface area contributed by atoms with Crippen molar-refractivity contribution in [2.24, 2.45) is 0 Å². The Bertz CT molecular complexity index is 461. The van der Waals surface area contributed by atoms with Crippen LogP contribution in [0, 0.1) is 5.82 Å². The van der Waals surface area contributed by atoms with Crippen LogP contribution in [0.25, 0.3) is 0 Å². The molecule has 0 saturated carbocycles. The van der Waals surface area contributed by atoms with Crippen LogP contribution < -0.4 is 9.97 Å². The van der Waals surface area contributed by atoms with Gasteiger partial charge in [0.15, 0.2) is 5.82 Å². The fourth-order valence-electron chi connectivity index (χ4n) is 1.24. The first kappa shape index (κ1) is 15.3. The normalized spacial score (nSPS) is 10.8. The molecule has 1 rings (SSSR count). The van der Waals surface area contributed by atoms with Gasteiger partial charge < -0.3 is 19.4 Å². The van der Waals surface area contributed by atoms with Crippen molar-refractivity contribution in [1.29, 1.82) is 0 Å². The number of ether oxygens (including phenoxy) is 1. The van der Waals surface area contributed by atoms with Gasteiger partial charge in [0.1, 0.15) is 17.0 Å². The first-order valence-corrected chi connectivity index (χ1v) is 5.50. The maximum atomic E-state index is 13.6. The van der Waals surface area contributed by atoms with E-state index in [1.165, 1.54) is 12.1 Å². The van der Waals surface area contributed by atoms with Crippen molar-refractivity contribution < 1.29 is 28.6 Å². The second-order valence-electron chi connectivity index (χ2n) is 4.68. The van der Waals surface area contributed by atoms with E-state index in [0.29, 0.717) is 0 Å². The number of anilines is 1. The van der Waals surface area contributed by atoms with Gasteiger partial charge in [0.2, 0.25) is 0 Å². The summed E-state index contributed by atoms with van der Waals surface area (Å²) in [5.74, 6) is -1.01. The molecule has 0 bridgehead atoms. The van der Waals surface area contributed by atoms with Gasteiger partial charge in [0, 0.05) is 0 Å². The second kappa shape index (κ2) is 5.90. The molecule has 0 spiro atoms. The van der Waals surface area contributed by atoms with Crippen molar-refractivity contribution in [2.75, 3.05) is 5.32 Å². The third-order valence-electron chi connectivity index (χ3n) is 1.83. The molecular formula is C11H15BFNO5. The van der Waals surface area contributed by atoms with Gasteiger partial charge in [-0.05, 0) is 32.9 Å². The van der Waals surface area contributed by atoms with E-state index in [0.717, 1.165) is 6.07 Å². The highest BCUT2D eigenvalue weighted by molar-refractivity contribution is 6.34. The quantitative estimate of drug-likeness (QED) is 0.725. The molecule has 0 aliphatic rings. The lowest BCUT2D eigenvalue weighted by Crippen LogP contribution is -2.28. The summed E-state index contributed by atoms with van der Waals surface area (Å²) in [4.78, 5) is 11.5. The molecule has 0 unspecified atom stereocenters. The number of halogens is 1. The zero-order valence-electron chi connectivity index (χ0n) is 10.8. The van der Waals surface area contributed by atoms with E-state index in [1.807, 2.05) is 0 Å². The van der Waals surface area contributed by atoms with Crippen molar-refractivity contribution in [2.45, 2.75) is 26.4 Å². The standard InChI is InChI=1S/C11H15BFNO5/c1-11(2,3)18-10(15)14-9-7(13)5-4-6-8(9)19-12(16)17/h4-6,16-17H,1-3H3,(H,14,15). The molecule has 3 N–H and O–H groups in total. The monoisotopic (exact) mass is 271 g/mol. The van der Waals surface area contributed by atoms with Crippen LogP contribution in [0.2, 0.25) is 0 Å². The minimum atomic E-state index is -2.12. The Morgan fingerprint density at radius 3 is 2.53 bits per heavy atom. The minimum Gasteiger partial charge on any atom is -0.510 e. The Hall–Kier alpha value is -1.80. The summed E-state index contributed by atoms with van der Waals surface area (Å²) in [7, 11) is -2.12. The highest BCUT2D eigenvalue weighted by atomic mass is 19.1. The third-order valence-corrected chi connectivity index (χ3v) is 1.83. The Morgan fingerprint density at radius 1 is 1.37 bits per heavy atom. The molecule has 6 nitrogen and oxygen atoms in total. The second-order valence-corrected chi connectivity index (χ2v) is 4.68. The SMILES string of the molecule is CC(C)(C)OC(=O)Nc1c(F)cccc1OB(O)O. The third kappa shape index (κ3) is 5.15. The first-order chi connectivity index (χ1) is 8.69. The van der Waals surface area contributed by atoms with Gasteiger partial charge in [-0.3, -0.25) is 5.32 Å². The van der Waals surface area contributed by atoms with E-state index in [1.54, 1.807) is 20.8 Å². The first-order valence-electron chi connectivity index (χ1n) is 5.50. The number of hydrogen-bond donors (Lipinski definition) is 3. The number of benzene rings is 1. The molecule has 0 aliphatic heterocycles. The molecule has 0 radical (unpaired) electrons. The molecule has 0 atom stereocenters. The number of para-hydroxylation sites is 1. The van der Waals surface area contributed by atoms with Gasteiger partial charge in [0.25, 0.3) is 0 Å². The van der Waals surface area contributed by atoms with E-state index < -0.39 is 24.8 Å². The molecule has 0 aliphatic carbocycles. The molecular weight excluding hydrogens is 256 g/mol. The zero-order chi connectivity index (χ0) is 14.6. The molecule has 104 valence electrons. The number of carbonyl (C=O) groups excluding carboxylic acids is 1. The van der Waals surface area contributed by atoms with Crippen molar-refractivity contribution in [3.8, 4) is 5.75 Å². The topological polar surface area (TPSA) is 88.0 Å². The fraction of sp³-hybridized carbons (Fsp3) is 0.364. The van der Waals surface area contributed by atoms with Crippen molar-refractivity contribution in [1.82, 2.24) is 0 Å². The molecule has 1 aromatic rings. The summed E-state index contributed by atoms with van der Waals surface area (Å²) in [5, 5.41) is 19.6. The van der Waals surface area contributed by atoms with Crippen LogP contribution in [0.4, 0.5) is 14.9 Å². The highest BCUT2D eigenvalue weighted by Gasteiger charge is 2.21. The van der Waals surface area contributed by atoms with E-state index in [2.05, 4.69) is 9.97 Å². The van der Waals surface area contributed by atoms with Crippen LogP contribution in [0.15, 0.2) is 18.2 Å². The molecule has 0 fully saturated rings. The summed E-state index contributed by atoms with van der Waals surface area (Å²) in [6.07, 6.45) is -0.880. The van der Waals surface area contributed by atoms with E-state index in [4.69, 9.17) is 14.8 Å². The van der Waals surface area contributed by atoms with Crippen LogP contribution >= 0.6 is 0 Å². The van der Waals surface area contributed by atoms with Crippen LogP contribution in [0.5, 0.6) is 5.75 Å². The smallest absolute Gasteiger partial charge is 0.510 e. The summed E-state index contributed by atoms with van der Waals surface area (Å²) >= 11 is 0. The van der Waals surface area contributed by atoms with Gasteiger partial charge in [0.05, 0.1) is 0 Å². The van der Waals surface area contributed by atoms with E-state index >= 15 is 0 Å². The van der Waals surface area contributed by atoms with Gasteiger partial charge in [-0.1, -0.05) is 6.07 Å². The summed E-state index contributed by atoms with van der Waals surface area (Å²) < 4.78 is 23.1. The van der Waals surface area contributed by atoms with Gasteiger partial charge in [-0.25, -0.2) is 9.18 Å². The molecule has 0 aromatic heterocycles. The van der Waals surface area contributed by atoms with Crippen molar-refractivity contribution in [3.63, 3.8) is 0 Å². The van der Waals surface area contributed by atoms with Crippen LogP contribution in [-0.2, 0) is 4.74 Å². The average molecular weight is 271 g/mol. The Morgan fingerprint density at radius 2 is 2.00 bits per heavy atom. The van der Waals surface area contributed by atoms with Crippen molar-refractivity contribution >= 4 is 19.1 Å². The highest BCUT2D eigenvalue weighted by Crippen LogP contribution is 2.28. The Balaban J connectivity index is 2.90. The molecule has 1 amide bonds. The number of carbonyl (C=O) groups is 1. The van der Waals surface area contributed by atoms with Crippen LogP contribution in [0.1, 0.15) is 20.8 Å². The number of nitrogens with one attached hydrogen (secondary N) is 1. The van der Waals surface area contributed by atoms with Crippen LogP contribution in [0.3, 0.4) is 0 Å². The van der Waals surface area contributed by atoms with Gasteiger partial charge >= 0.3 is 13.4 Å². The lowest BCUT2D eigenvalue weighted by atomic mass is 10.2. The molecule has 19 heavy (non-hydrogen) atoms. The number of amides is 1. The van der Waals surface area contributed by atoms with E-state index in [9.17, 15) is 9.18 Å². The lowest BCUT2D eigenvalue weighted by Gasteiger charge is -2.20. The number of hydrogen-bond acceptors (Lipinski definition) is 5. The lowest BCUT2D eigenvalue weighted by molar-refractivity contribution is 0.0634. The molecule has 8 heteroatoms. The minimum absolute atomic E-state index is 0.221. The average Bonchev–Trinajstić information content (AvgIpc) is 2.19. The van der Waals surface area contributed by atoms with Crippen LogP contribution in [-0.4, -0.2) is 29.1 Å². The summed E-state index contributed by atoms with van der Waals surface area (Å²) in [6.45, 7) is 4.97. The predicted octanol–water partition coefficient (Wildman–Crippen LogP) is 1.52. The Labute approximate surface area is 110 Å². The summed E-state index contributed by atoms with van der Waals surface area (Å²) in [6, 6.07) is 3.66.